The van der Waals surface area contributed by atoms with E-state index in [0.29, 0.717) is 12.8 Å². The van der Waals surface area contributed by atoms with Gasteiger partial charge in [0.15, 0.2) is 0 Å². The van der Waals surface area contributed by atoms with Crippen molar-refractivity contribution in [1.29, 1.82) is 0 Å². The Balaban J connectivity index is 1.38. The van der Waals surface area contributed by atoms with E-state index in [1.54, 1.807) is 10.9 Å². The van der Waals surface area contributed by atoms with E-state index in [9.17, 15) is 9.90 Å². The molecule has 1 saturated carbocycles. The Kier molecular flexibility index (Phi) is 5.38. The Morgan fingerprint density at radius 1 is 1.21 bits per heavy atom. The minimum Gasteiger partial charge on any atom is -0.393 e. The number of rotatable bonds is 7. The first-order valence-corrected chi connectivity index (χ1v) is 9.37. The quantitative estimate of drug-likeness (QED) is 0.638. The second-order valence-corrected chi connectivity index (χ2v) is 7.18. The maximum Gasteiger partial charge on any atom is 0.224 e. The molecule has 2 heterocycles. The molecular formula is C20H22N6O2. The molecule has 4 rings (SSSR count). The standard InChI is InChI=1S/C20H22N6O2/c27-18-10-15(11-18)19(12-16-3-1-2-8-21-16)23-20(28)9-14-4-6-17(7-5-14)26-13-22-24-25-26/h1-8,13,15,18-19,27H,9-12H2,(H,23,28)/t15?,18?,19-/m0/s1. The molecule has 2 aromatic heterocycles. The number of hydrogen-bond donors (Lipinski definition) is 2. The number of nitrogens with zero attached hydrogens (tertiary/aromatic N) is 5. The maximum absolute atomic E-state index is 12.6. The van der Waals surface area contributed by atoms with Gasteiger partial charge in [-0.25, -0.2) is 4.68 Å². The fourth-order valence-electron chi connectivity index (χ4n) is 3.53. The maximum atomic E-state index is 12.6. The largest absolute Gasteiger partial charge is 0.393 e. The first-order chi connectivity index (χ1) is 13.7. The number of tetrazole rings is 1. The van der Waals surface area contributed by atoms with Crippen molar-refractivity contribution in [2.45, 2.75) is 37.8 Å². The van der Waals surface area contributed by atoms with Gasteiger partial charge in [0, 0.05) is 24.4 Å². The number of benzene rings is 1. The van der Waals surface area contributed by atoms with E-state index in [1.165, 1.54) is 6.33 Å². The highest BCUT2D eigenvalue weighted by Crippen LogP contribution is 2.31. The van der Waals surface area contributed by atoms with Crippen molar-refractivity contribution in [3.8, 4) is 5.69 Å². The number of aliphatic hydroxyl groups is 1. The van der Waals surface area contributed by atoms with Crippen LogP contribution in [0.2, 0.25) is 0 Å². The lowest BCUT2D eigenvalue weighted by atomic mass is 9.76. The summed E-state index contributed by atoms with van der Waals surface area (Å²) in [7, 11) is 0. The van der Waals surface area contributed by atoms with Gasteiger partial charge in [-0.05, 0) is 59.0 Å². The summed E-state index contributed by atoms with van der Waals surface area (Å²) in [5.41, 5.74) is 2.70. The van der Waals surface area contributed by atoms with E-state index in [1.807, 2.05) is 42.5 Å². The molecule has 0 radical (unpaired) electrons. The molecule has 0 unspecified atom stereocenters. The number of pyridine rings is 1. The average Bonchev–Trinajstić information content (AvgIpc) is 3.21. The lowest BCUT2D eigenvalue weighted by molar-refractivity contribution is -0.122. The molecule has 1 fully saturated rings. The third-order valence-electron chi connectivity index (χ3n) is 5.13. The first kappa shape index (κ1) is 18.2. The summed E-state index contributed by atoms with van der Waals surface area (Å²) in [6, 6.07) is 13.3. The van der Waals surface area contributed by atoms with E-state index >= 15 is 0 Å². The van der Waals surface area contributed by atoms with E-state index in [0.717, 1.165) is 29.8 Å². The number of carbonyl (C=O) groups excluding carboxylic acids is 1. The second kappa shape index (κ2) is 8.26. The van der Waals surface area contributed by atoms with Crippen molar-refractivity contribution < 1.29 is 9.90 Å². The number of aromatic nitrogens is 5. The predicted molar refractivity (Wildman–Crippen MR) is 101 cm³/mol. The Morgan fingerprint density at radius 3 is 2.68 bits per heavy atom. The van der Waals surface area contributed by atoms with Gasteiger partial charge in [-0.2, -0.15) is 0 Å². The summed E-state index contributed by atoms with van der Waals surface area (Å²) in [5, 5.41) is 23.9. The van der Waals surface area contributed by atoms with Crippen LogP contribution in [0.25, 0.3) is 5.69 Å². The summed E-state index contributed by atoms with van der Waals surface area (Å²) in [4.78, 5) is 17.0. The SMILES string of the molecule is O=C(Cc1ccc(-n2cnnn2)cc1)N[C@@H](Cc1ccccn1)C1CC(O)C1. The zero-order chi connectivity index (χ0) is 19.3. The number of hydrogen-bond acceptors (Lipinski definition) is 6. The third-order valence-corrected chi connectivity index (χ3v) is 5.13. The van der Waals surface area contributed by atoms with Crippen LogP contribution in [0.3, 0.4) is 0 Å². The van der Waals surface area contributed by atoms with Gasteiger partial charge in [0.2, 0.25) is 5.91 Å². The van der Waals surface area contributed by atoms with Crippen molar-refractivity contribution >= 4 is 5.91 Å². The van der Waals surface area contributed by atoms with Crippen LogP contribution >= 0.6 is 0 Å². The Hall–Kier alpha value is -3.13. The lowest BCUT2D eigenvalue weighted by Gasteiger charge is -2.38. The highest BCUT2D eigenvalue weighted by atomic mass is 16.3. The van der Waals surface area contributed by atoms with E-state index in [2.05, 4.69) is 25.8 Å². The highest BCUT2D eigenvalue weighted by Gasteiger charge is 2.34. The second-order valence-electron chi connectivity index (χ2n) is 7.18. The monoisotopic (exact) mass is 378 g/mol. The molecule has 28 heavy (non-hydrogen) atoms. The molecule has 1 aromatic carbocycles. The Morgan fingerprint density at radius 2 is 2.04 bits per heavy atom. The number of nitrogens with one attached hydrogen (secondary N) is 1. The van der Waals surface area contributed by atoms with Gasteiger partial charge in [0.1, 0.15) is 6.33 Å². The Bertz CT molecular complexity index is 892. The summed E-state index contributed by atoms with van der Waals surface area (Å²) in [6.45, 7) is 0. The predicted octanol–water partition coefficient (Wildman–Crippen LogP) is 1.10. The van der Waals surface area contributed by atoms with Crippen LogP contribution in [0, 0.1) is 5.92 Å². The van der Waals surface area contributed by atoms with Crippen molar-refractivity contribution in [3.05, 3.63) is 66.2 Å². The molecule has 1 aliphatic rings. The van der Waals surface area contributed by atoms with E-state index < -0.39 is 0 Å². The van der Waals surface area contributed by atoms with Crippen LogP contribution in [0.1, 0.15) is 24.1 Å². The smallest absolute Gasteiger partial charge is 0.224 e. The first-order valence-electron chi connectivity index (χ1n) is 9.37. The molecule has 1 atom stereocenters. The fourth-order valence-corrected chi connectivity index (χ4v) is 3.53. The molecule has 0 spiro atoms. The molecular weight excluding hydrogens is 356 g/mol. The van der Waals surface area contributed by atoms with Crippen molar-refractivity contribution in [2.24, 2.45) is 5.92 Å². The van der Waals surface area contributed by atoms with Gasteiger partial charge < -0.3 is 10.4 Å². The molecule has 1 aliphatic carbocycles. The molecule has 0 aliphatic heterocycles. The zero-order valence-corrected chi connectivity index (χ0v) is 15.3. The van der Waals surface area contributed by atoms with E-state index in [-0.39, 0.29) is 24.0 Å². The van der Waals surface area contributed by atoms with E-state index in [4.69, 9.17) is 0 Å². The molecule has 8 heteroatoms. The number of carbonyl (C=O) groups is 1. The summed E-state index contributed by atoms with van der Waals surface area (Å²) in [5.74, 6) is 0.251. The summed E-state index contributed by atoms with van der Waals surface area (Å²) < 4.78 is 1.56. The van der Waals surface area contributed by atoms with Crippen molar-refractivity contribution in [3.63, 3.8) is 0 Å². The van der Waals surface area contributed by atoms with Crippen molar-refractivity contribution in [1.82, 2.24) is 30.5 Å². The number of aliphatic hydroxyl groups excluding tert-OH is 1. The van der Waals surface area contributed by atoms with Gasteiger partial charge in [0.25, 0.3) is 0 Å². The molecule has 144 valence electrons. The summed E-state index contributed by atoms with van der Waals surface area (Å²) >= 11 is 0. The number of amides is 1. The lowest BCUT2D eigenvalue weighted by Crippen LogP contribution is -2.48. The molecule has 3 aromatic rings. The van der Waals surface area contributed by atoms with Crippen LogP contribution in [0.5, 0.6) is 0 Å². The van der Waals surface area contributed by atoms with Gasteiger partial charge >= 0.3 is 0 Å². The Labute approximate surface area is 162 Å². The fraction of sp³-hybridized carbons (Fsp3) is 0.350. The third kappa shape index (κ3) is 4.40. The van der Waals surface area contributed by atoms with Gasteiger partial charge in [0.05, 0.1) is 18.2 Å². The van der Waals surface area contributed by atoms with Gasteiger partial charge in [-0.1, -0.05) is 18.2 Å². The van der Waals surface area contributed by atoms with Crippen molar-refractivity contribution in [2.75, 3.05) is 0 Å². The highest BCUT2D eigenvalue weighted by molar-refractivity contribution is 5.79. The van der Waals surface area contributed by atoms with Crippen LogP contribution < -0.4 is 5.32 Å². The van der Waals surface area contributed by atoms with Crippen LogP contribution in [-0.4, -0.2) is 48.4 Å². The zero-order valence-electron chi connectivity index (χ0n) is 15.3. The normalized spacial score (nSPS) is 19.6. The van der Waals surface area contributed by atoms with Gasteiger partial charge in [-0.3, -0.25) is 9.78 Å². The van der Waals surface area contributed by atoms with Crippen LogP contribution in [0.15, 0.2) is 55.0 Å². The van der Waals surface area contributed by atoms with Crippen LogP contribution in [-0.2, 0) is 17.6 Å². The minimum absolute atomic E-state index is 0.0219. The van der Waals surface area contributed by atoms with Crippen LogP contribution in [0.4, 0.5) is 0 Å². The topological polar surface area (TPSA) is 106 Å². The minimum atomic E-state index is -0.257. The van der Waals surface area contributed by atoms with Gasteiger partial charge in [-0.15, -0.1) is 5.10 Å². The molecule has 8 nitrogen and oxygen atoms in total. The average molecular weight is 378 g/mol. The molecule has 2 N–H and O–H groups in total. The molecule has 0 bridgehead atoms. The summed E-state index contributed by atoms with van der Waals surface area (Å²) in [6.07, 6.45) is 5.43. The molecule has 1 amide bonds. The molecule has 0 saturated heterocycles.